The van der Waals surface area contributed by atoms with Crippen LogP contribution in [0.1, 0.15) is 5.56 Å². The van der Waals surface area contributed by atoms with Gasteiger partial charge in [-0.2, -0.15) is 16.8 Å². The fourth-order valence-electron chi connectivity index (χ4n) is 2.32. The molecule has 0 heterocycles. The molecule has 8 heteroatoms. The van der Waals surface area contributed by atoms with Gasteiger partial charge in [0.2, 0.25) is 0 Å². The molecule has 0 amide bonds. The van der Waals surface area contributed by atoms with Gasteiger partial charge in [-0.3, -0.25) is 4.55 Å². The van der Waals surface area contributed by atoms with Gasteiger partial charge in [-0.05, 0) is 41.5 Å². The summed E-state index contributed by atoms with van der Waals surface area (Å²) >= 11 is 0. The van der Waals surface area contributed by atoms with Crippen molar-refractivity contribution in [3.8, 4) is 5.75 Å². The normalized spacial score (nSPS) is 12.2. The third-order valence-electron chi connectivity index (χ3n) is 3.67. The van der Waals surface area contributed by atoms with Crippen molar-refractivity contribution in [2.75, 3.05) is 0 Å². The molecule has 0 fully saturated rings. The first-order chi connectivity index (χ1) is 11.7. The first kappa shape index (κ1) is 17.4. The Hall–Kier alpha value is -2.42. The predicted molar refractivity (Wildman–Crippen MR) is 92.8 cm³/mol. The highest BCUT2D eigenvalue weighted by Gasteiger charge is 2.20. The maximum absolute atomic E-state index is 12.5. The van der Waals surface area contributed by atoms with E-state index in [9.17, 15) is 16.8 Å². The molecule has 0 unspecified atom stereocenters. The summed E-state index contributed by atoms with van der Waals surface area (Å²) in [5.74, 6) is -0.164. The zero-order valence-corrected chi connectivity index (χ0v) is 14.7. The van der Waals surface area contributed by atoms with Crippen LogP contribution in [0.5, 0.6) is 5.75 Å². The Bertz CT molecular complexity index is 1160. The molecule has 25 heavy (non-hydrogen) atoms. The summed E-state index contributed by atoms with van der Waals surface area (Å²) in [4.78, 5) is -0.496. The molecule has 130 valence electrons. The third-order valence-corrected chi connectivity index (χ3v) is 5.75. The summed E-state index contributed by atoms with van der Waals surface area (Å²) in [6, 6.07) is 15.3. The van der Waals surface area contributed by atoms with Crippen molar-refractivity contribution >= 4 is 31.0 Å². The van der Waals surface area contributed by atoms with Crippen molar-refractivity contribution < 1.29 is 25.6 Å². The smallest absolute Gasteiger partial charge is 0.339 e. The molecule has 0 aliphatic rings. The van der Waals surface area contributed by atoms with Gasteiger partial charge in [0.1, 0.15) is 10.6 Å². The number of hydrogen-bond acceptors (Lipinski definition) is 5. The van der Waals surface area contributed by atoms with Crippen LogP contribution in [0.4, 0.5) is 0 Å². The second-order valence-electron chi connectivity index (χ2n) is 5.45. The Morgan fingerprint density at radius 1 is 0.800 bits per heavy atom. The molecule has 0 bridgehead atoms. The molecule has 0 saturated carbocycles. The largest absolute Gasteiger partial charge is 0.379 e. The fourth-order valence-corrected chi connectivity index (χ4v) is 3.83. The lowest BCUT2D eigenvalue weighted by atomic mass is 10.1. The van der Waals surface area contributed by atoms with E-state index < -0.39 is 25.1 Å². The minimum absolute atomic E-state index is 0.0529. The van der Waals surface area contributed by atoms with Crippen molar-refractivity contribution in [2.45, 2.75) is 16.7 Å². The van der Waals surface area contributed by atoms with E-state index in [1.165, 1.54) is 24.3 Å². The van der Waals surface area contributed by atoms with Crippen LogP contribution in [0.3, 0.4) is 0 Å². The molecular weight excluding hydrogens is 364 g/mol. The molecule has 6 nitrogen and oxygen atoms in total. The molecule has 0 aliphatic heterocycles. The van der Waals surface area contributed by atoms with E-state index in [0.717, 1.165) is 16.8 Å². The van der Waals surface area contributed by atoms with Crippen LogP contribution in [-0.2, 0) is 20.2 Å². The topological polar surface area (TPSA) is 97.7 Å². The SMILES string of the molecule is Cc1ccc(S(=O)(=O)O)cc1OS(=O)(=O)c1ccc2ccccc2c1. The van der Waals surface area contributed by atoms with Crippen LogP contribution in [-0.4, -0.2) is 21.4 Å². The Morgan fingerprint density at radius 3 is 2.12 bits per heavy atom. The third kappa shape index (κ3) is 3.65. The maximum Gasteiger partial charge on any atom is 0.339 e. The fraction of sp³-hybridized carbons (Fsp3) is 0.0588. The van der Waals surface area contributed by atoms with Gasteiger partial charge in [-0.1, -0.05) is 36.4 Å². The molecule has 0 atom stereocenters. The van der Waals surface area contributed by atoms with E-state index in [4.69, 9.17) is 8.74 Å². The van der Waals surface area contributed by atoms with E-state index in [1.54, 1.807) is 25.1 Å². The minimum atomic E-state index is -4.47. The van der Waals surface area contributed by atoms with Gasteiger partial charge in [0.25, 0.3) is 10.1 Å². The van der Waals surface area contributed by atoms with Gasteiger partial charge in [-0.25, -0.2) is 0 Å². The van der Waals surface area contributed by atoms with Crippen LogP contribution in [0.2, 0.25) is 0 Å². The van der Waals surface area contributed by atoms with E-state index >= 15 is 0 Å². The van der Waals surface area contributed by atoms with Gasteiger partial charge in [0, 0.05) is 6.07 Å². The number of hydrogen-bond donors (Lipinski definition) is 1. The number of rotatable bonds is 4. The number of fused-ring (bicyclic) bond motifs is 1. The van der Waals surface area contributed by atoms with Gasteiger partial charge >= 0.3 is 10.1 Å². The van der Waals surface area contributed by atoms with Gasteiger partial charge in [-0.15, -0.1) is 0 Å². The average molecular weight is 378 g/mol. The Labute approximate surface area is 145 Å². The minimum Gasteiger partial charge on any atom is -0.379 e. The summed E-state index contributed by atoms with van der Waals surface area (Å²) in [5.41, 5.74) is 0.414. The highest BCUT2D eigenvalue weighted by Crippen LogP contribution is 2.27. The van der Waals surface area contributed by atoms with Crippen LogP contribution in [0.15, 0.2) is 70.5 Å². The molecule has 3 rings (SSSR count). The number of benzene rings is 3. The molecule has 0 aromatic heterocycles. The molecule has 0 aliphatic carbocycles. The van der Waals surface area contributed by atoms with E-state index in [0.29, 0.717) is 5.56 Å². The quantitative estimate of drug-likeness (QED) is 0.553. The highest BCUT2D eigenvalue weighted by molar-refractivity contribution is 7.87. The molecule has 0 saturated heterocycles. The molecular formula is C17H14O6S2. The Balaban J connectivity index is 2.03. The van der Waals surface area contributed by atoms with Crippen molar-refractivity contribution in [1.82, 2.24) is 0 Å². The van der Waals surface area contributed by atoms with Crippen LogP contribution in [0, 0.1) is 6.92 Å². The highest BCUT2D eigenvalue weighted by atomic mass is 32.2. The van der Waals surface area contributed by atoms with Gasteiger partial charge < -0.3 is 4.18 Å². The van der Waals surface area contributed by atoms with Crippen LogP contribution >= 0.6 is 0 Å². The Kier molecular flexibility index (Phi) is 4.28. The lowest BCUT2D eigenvalue weighted by molar-refractivity contribution is 0.474. The standard InChI is InChI=1S/C17H14O6S2/c1-12-6-8-15(24(18,19)20)11-17(12)23-25(21,22)16-9-7-13-4-2-3-5-14(13)10-16/h2-11H,1H3,(H,18,19,20). The zero-order valence-electron chi connectivity index (χ0n) is 13.1. The summed E-state index contributed by atoms with van der Waals surface area (Å²) in [6.07, 6.45) is 0. The maximum atomic E-state index is 12.5. The van der Waals surface area contributed by atoms with E-state index in [1.807, 2.05) is 12.1 Å². The lowest BCUT2D eigenvalue weighted by Gasteiger charge is -2.11. The molecule has 0 radical (unpaired) electrons. The van der Waals surface area contributed by atoms with Gasteiger partial charge in [0.05, 0.1) is 4.90 Å². The molecule has 0 spiro atoms. The molecule has 1 N–H and O–H groups in total. The van der Waals surface area contributed by atoms with Crippen molar-refractivity contribution in [3.63, 3.8) is 0 Å². The first-order valence-electron chi connectivity index (χ1n) is 7.18. The second-order valence-corrected chi connectivity index (χ2v) is 8.42. The lowest BCUT2D eigenvalue weighted by Crippen LogP contribution is -2.11. The molecule has 3 aromatic rings. The van der Waals surface area contributed by atoms with Gasteiger partial charge in [0.15, 0.2) is 0 Å². The Morgan fingerprint density at radius 2 is 1.44 bits per heavy atom. The summed E-state index contributed by atoms with van der Waals surface area (Å²) < 4.78 is 61.7. The second kappa shape index (κ2) is 6.14. The first-order valence-corrected chi connectivity index (χ1v) is 10.0. The van der Waals surface area contributed by atoms with Crippen molar-refractivity contribution in [1.29, 1.82) is 0 Å². The summed E-state index contributed by atoms with van der Waals surface area (Å²) in [6.45, 7) is 1.57. The van der Waals surface area contributed by atoms with Crippen LogP contribution in [0.25, 0.3) is 10.8 Å². The number of aryl methyl sites for hydroxylation is 1. The van der Waals surface area contributed by atoms with E-state index in [2.05, 4.69) is 0 Å². The average Bonchev–Trinajstić information content (AvgIpc) is 2.55. The van der Waals surface area contributed by atoms with Crippen molar-refractivity contribution in [2.24, 2.45) is 0 Å². The summed E-state index contributed by atoms with van der Waals surface area (Å²) in [7, 11) is -8.63. The zero-order chi connectivity index (χ0) is 18.2. The van der Waals surface area contributed by atoms with Crippen molar-refractivity contribution in [3.05, 3.63) is 66.2 Å². The molecule has 3 aromatic carbocycles. The summed E-state index contributed by atoms with van der Waals surface area (Å²) in [5, 5.41) is 1.61. The van der Waals surface area contributed by atoms with Crippen LogP contribution < -0.4 is 4.18 Å². The predicted octanol–water partition coefficient (Wildman–Crippen LogP) is 3.16. The monoisotopic (exact) mass is 378 g/mol. The van der Waals surface area contributed by atoms with E-state index in [-0.39, 0.29) is 10.6 Å².